The number of nitrogens with two attached hydrogens (primary N) is 1. The maximum Gasteiger partial charge on any atom is 0.239 e. The van der Waals surface area contributed by atoms with Crippen LogP contribution < -0.4 is 16.4 Å². The van der Waals surface area contributed by atoms with Crippen molar-refractivity contribution in [2.75, 3.05) is 13.2 Å². The third kappa shape index (κ3) is 5.67. The van der Waals surface area contributed by atoms with E-state index in [0.717, 1.165) is 0 Å². The van der Waals surface area contributed by atoms with Crippen molar-refractivity contribution in [1.29, 1.82) is 0 Å². The summed E-state index contributed by atoms with van der Waals surface area (Å²) in [6, 6.07) is -0.925. The van der Waals surface area contributed by atoms with Gasteiger partial charge in [-0.25, -0.2) is 0 Å². The summed E-state index contributed by atoms with van der Waals surface area (Å²) in [5, 5.41) is 13.6. The highest BCUT2D eigenvalue weighted by Gasteiger charge is 2.17. The summed E-state index contributed by atoms with van der Waals surface area (Å²) in [5.74, 6) is -0.660. The topological polar surface area (TPSA) is 104 Å². The minimum absolute atomic E-state index is 0.0272. The molecule has 0 rings (SSSR count). The van der Waals surface area contributed by atoms with Crippen LogP contribution in [0.5, 0.6) is 0 Å². The van der Waals surface area contributed by atoms with Gasteiger partial charge in [0.1, 0.15) is 0 Å². The van der Waals surface area contributed by atoms with E-state index < -0.39 is 6.04 Å². The number of aliphatic hydroxyl groups excluding tert-OH is 1. The smallest absolute Gasteiger partial charge is 0.239 e. The highest BCUT2D eigenvalue weighted by Crippen LogP contribution is 1.97. The van der Waals surface area contributed by atoms with Crippen LogP contribution in [0.2, 0.25) is 0 Å². The Balaban J connectivity index is 3.88. The molecule has 2 amide bonds. The van der Waals surface area contributed by atoms with Crippen molar-refractivity contribution in [3.05, 3.63) is 0 Å². The van der Waals surface area contributed by atoms with E-state index in [9.17, 15) is 9.59 Å². The Kier molecular flexibility index (Phi) is 6.67. The molecule has 0 spiro atoms. The number of carbonyl (C=O) groups excluding carboxylic acids is 2. The Labute approximate surface area is 95.6 Å². The van der Waals surface area contributed by atoms with E-state index >= 15 is 0 Å². The molecule has 5 N–H and O–H groups in total. The molecule has 0 bridgehead atoms. The van der Waals surface area contributed by atoms with Gasteiger partial charge in [0, 0.05) is 6.04 Å². The predicted molar refractivity (Wildman–Crippen MR) is 60.5 cm³/mol. The number of hydrogen-bond acceptors (Lipinski definition) is 4. The lowest BCUT2D eigenvalue weighted by Gasteiger charge is -2.16. The first kappa shape index (κ1) is 14.9. The van der Waals surface area contributed by atoms with Crippen LogP contribution in [-0.4, -0.2) is 42.2 Å². The molecule has 2 atom stereocenters. The summed E-state index contributed by atoms with van der Waals surface area (Å²) in [7, 11) is 0. The van der Waals surface area contributed by atoms with E-state index in [0.29, 0.717) is 0 Å². The van der Waals surface area contributed by atoms with Crippen LogP contribution in [0.4, 0.5) is 0 Å². The molecule has 0 aromatic heterocycles. The van der Waals surface area contributed by atoms with E-state index in [4.69, 9.17) is 10.8 Å². The van der Waals surface area contributed by atoms with Crippen molar-refractivity contribution < 1.29 is 14.7 Å². The molecular formula is C10H21N3O3. The molecule has 0 heterocycles. The second-order valence-corrected chi connectivity index (χ2v) is 4.14. The summed E-state index contributed by atoms with van der Waals surface area (Å²) in [4.78, 5) is 22.6. The van der Waals surface area contributed by atoms with Crippen LogP contribution in [-0.2, 0) is 9.59 Å². The molecule has 0 aromatic rings. The maximum atomic E-state index is 11.4. The van der Waals surface area contributed by atoms with Gasteiger partial charge in [-0.05, 0) is 12.8 Å². The van der Waals surface area contributed by atoms with Crippen molar-refractivity contribution in [2.24, 2.45) is 11.7 Å². The average Bonchev–Trinajstić information content (AvgIpc) is 2.24. The lowest BCUT2D eigenvalue weighted by Crippen LogP contribution is -2.48. The number of amides is 2. The molecule has 0 radical (unpaired) electrons. The van der Waals surface area contributed by atoms with E-state index in [1.807, 2.05) is 13.8 Å². The number of rotatable bonds is 6. The zero-order valence-electron chi connectivity index (χ0n) is 9.99. The van der Waals surface area contributed by atoms with Crippen molar-refractivity contribution in [2.45, 2.75) is 32.9 Å². The number of hydrogen-bond donors (Lipinski definition) is 4. The van der Waals surface area contributed by atoms with Crippen molar-refractivity contribution >= 4 is 11.8 Å². The minimum Gasteiger partial charge on any atom is -0.394 e. The Morgan fingerprint density at radius 2 is 1.88 bits per heavy atom. The van der Waals surface area contributed by atoms with Gasteiger partial charge in [0.15, 0.2) is 0 Å². The van der Waals surface area contributed by atoms with Gasteiger partial charge in [-0.3, -0.25) is 9.59 Å². The van der Waals surface area contributed by atoms with Gasteiger partial charge < -0.3 is 21.5 Å². The van der Waals surface area contributed by atoms with Gasteiger partial charge in [-0.1, -0.05) is 13.8 Å². The van der Waals surface area contributed by atoms with Crippen molar-refractivity contribution in [3.8, 4) is 0 Å². The fraction of sp³-hybridized carbons (Fsp3) is 0.800. The standard InChI is InChI=1S/C10H21N3O3/c1-6(2)9(11)10(16)12-4-8(15)13-7(3)5-14/h6-7,9,14H,4-5,11H2,1-3H3,(H,12,16)(H,13,15)/t7?,9-/m0/s1. The lowest BCUT2D eigenvalue weighted by molar-refractivity contribution is -0.127. The highest BCUT2D eigenvalue weighted by atomic mass is 16.3. The normalized spacial score (nSPS) is 14.4. The summed E-state index contributed by atoms with van der Waals surface area (Å²) >= 11 is 0. The fourth-order valence-electron chi connectivity index (χ4n) is 0.959. The fourth-order valence-corrected chi connectivity index (χ4v) is 0.959. The predicted octanol–water partition coefficient (Wildman–Crippen LogP) is -1.42. The van der Waals surface area contributed by atoms with Gasteiger partial charge in [-0.15, -0.1) is 0 Å². The average molecular weight is 231 g/mol. The monoisotopic (exact) mass is 231 g/mol. The molecule has 0 aliphatic carbocycles. The van der Waals surface area contributed by atoms with E-state index in [1.54, 1.807) is 6.92 Å². The number of carbonyl (C=O) groups is 2. The zero-order valence-corrected chi connectivity index (χ0v) is 9.99. The Morgan fingerprint density at radius 1 is 1.31 bits per heavy atom. The molecule has 0 aliphatic heterocycles. The maximum absolute atomic E-state index is 11.4. The van der Waals surface area contributed by atoms with Crippen LogP contribution >= 0.6 is 0 Å². The second kappa shape index (κ2) is 7.19. The molecule has 0 aliphatic rings. The lowest BCUT2D eigenvalue weighted by atomic mass is 10.1. The van der Waals surface area contributed by atoms with Gasteiger partial charge in [0.2, 0.25) is 11.8 Å². The molecule has 16 heavy (non-hydrogen) atoms. The van der Waals surface area contributed by atoms with Crippen LogP contribution in [0.15, 0.2) is 0 Å². The van der Waals surface area contributed by atoms with Crippen LogP contribution in [0.25, 0.3) is 0 Å². The second-order valence-electron chi connectivity index (χ2n) is 4.14. The van der Waals surface area contributed by atoms with Crippen molar-refractivity contribution in [1.82, 2.24) is 10.6 Å². The molecule has 0 saturated carbocycles. The summed E-state index contributed by atoms with van der Waals surface area (Å²) in [6.45, 7) is 5.07. The first-order valence-corrected chi connectivity index (χ1v) is 5.32. The van der Waals surface area contributed by atoms with E-state index in [2.05, 4.69) is 10.6 Å². The van der Waals surface area contributed by atoms with Crippen LogP contribution in [0, 0.1) is 5.92 Å². The molecule has 6 nitrogen and oxygen atoms in total. The zero-order chi connectivity index (χ0) is 12.7. The van der Waals surface area contributed by atoms with Gasteiger partial charge in [0.05, 0.1) is 19.2 Å². The molecule has 94 valence electrons. The van der Waals surface area contributed by atoms with Crippen LogP contribution in [0.1, 0.15) is 20.8 Å². The summed E-state index contributed by atoms with van der Waals surface area (Å²) in [5.41, 5.74) is 5.59. The van der Waals surface area contributed by atoms with Gasteiger partial charge in [0.25, 0.3) is 0 Å². The minimum atomic E-state index is -0.608. The third-order valence-electron chi connectivity index (χ3n) is 2.13. The largest absolute Gasteiger partial charge is 0.394 e. The van der Waals surface area contributed by atoms with Gasteiger partial charge >= 0.3 is 0 Å². The molecule has 0 fully saturated rings. The first-order valence-electron chi connectivity index (χ1n) is 5.32. The SMILES string of the molecule is CC(CO)NC(=O)CNC(=O)[C@@H](N)C(C)C. The van der Waals surface area contributed by atoms with Crippen LogP contribution in [0.3, 0.4) is 0 Å². The van der Waals surface area contributed by atoms with E-state index in [1.165, 1.54) is 0 Å². The summed E-state index contributed by atoms with van der Waals surface area (Å²) < 4.78 is 0. The van der Waals surface area contributed by atoms with E-state index in [-0.39, 0.29) is 36.9 Å². The number of aliphatic hydroxyl groups is 1. The molecular weight excluding hydrogens is 210 g/mol. The number of nitrogens with one attached hydrogen (secondary N) is 2. The van der Waals surface area contributed by atoms with Gasteiger partial charge in [-0.2, -0.15) is 0 Å². The molecule has 6 heteroatoms. The highest BCUT2D eigenvalue weighted by molar-refractivity contribution is 5.87. The Hall–Kier alpha value is -1.14. The third-order valence-corrected chi connectivity index (χ3v) is 2.13. The first-order chi connectivity index (χ1) is 7.38. The Morgan fingerprint density at radius 3 is 2.31 bits per heavy atom. The molecule has 0 saturated heterocycles. The Bertz CT molecular complexity index is 243. The molecule has 1 unspecified atom stereocenters. The quantitative estimate of drug-likeness (QED) is 0.450. The summed E-state index contributed by atoms with van der Waals surface area (Å²) in [6.07, 6.45) is 0. The van der Waals surface area contributed by atoms with Crippen molar-refractivity contribution in [3.63, 3.8) is 0 Å². The molecule has 0 aromatic carbocycles.